The van der Waals surface area contributed by atoms with Crippen LogP contribution in [-0.2, 0) is 0 Å². The molecule has 2 aromatic rings. The largest absolute Gasteiger partial charge is 0.338 e. The van der Waals surface area contributed by atoms with Crippen LogP contribution >= 0.6 is 0 Å². The van der Waals surface area contributed by atoms with Gasteiger partial charge in [-0.25, -0.2) is 0 Å². The van der Waals surface area contributed by atoms with Crippen LogP contribution < -0.4 is 0 Å². The van der Waals surface area contributed by atoms with Gasteiger partial charge in [0.15, 0.2) is 0 Å². The van der Waals surface area contributed by atoms with Gasteiger partial charge in [0.2, 0.25) is 0 Å². The third-order valence-electron chi connectivity index (χ3n) is 3.69. The molecule has 1 unspecified atom stereocenters. The predicted octanol–water partition coefficient (Wildman–Crippen LogP) is 2.50. The molecule has 0 saturated carbocycles. The summed E-state index contributed by atoms with van der Waals surface area (Å²) in [6, 6.07) is 3.80. The Morgan fingerprint density at radius 3 is 3.16 bits per heavy atom. The molecule has 1 amide bonds. The van der Waals surface area contributed by atoms with E-state index in [2.05, 4.69) is 16.9 Å². The number of amides is 1. The lowest BCUT2D eigenvalue weighted by Gasteiger charge is -2.31. The Balaban J connectivity index is 1.97. The monoisotopic (exact) mass is 255 g/mol. The zero-order chi connectivity index (χ0) is 13.2. The molecule has 1 aliphatic heterocycles. The quantitative estimate of drug-likeness (QED) is 0.786. The average Bonchev–Trinajstić information content (AvgIpc) is 2.46. The molecule has 98 valence electrons. The van der Waals surface area contributed by atoms with Crippen LogP contribution in [0.2, 0.25) is 0 Å². The van der Waals surface area contributed by atoms with Gasteiger partial charge in [-0.1, -0.05) is 6.92 Å². The summed E-state index contributed by atoms with van der Waals surface area (Å²) in [7, 11) is 0. The van der Waals surface area contributed by atoms with Crippen LogP contribution in [0, 0.1) is 5.92 Å². The second kappa shape index (κ2) is 4.96. The third-order valence-corrected chi connectivity index (χ3v) is 3.69. The van der Waals surface area contributed by atoms with Gasteiger partial charge in [0.05, 0.1) is 11.1 Å². The number of piperidine rings is 1. The first-order valence-corrected chi connectivity index (χ1v) is 6.73. The number of nitrogens with zero attached hydrogens (tertiary/aromatic N) is 3. The molecule has 1 aliphatic rings. The van der Waals surface area contributed by atoms with Gasteiger partial charge in [-0.15, -0.1) is 0 Å². The summed E-state index contributed by atoms with van der Waals surface area (Å²) >= 11 is 0. The van der Waals surface area contributed by atoms with Crippen molar-refractivity contribution in [1.82, 2.24) is 14.9 Å². The summed E-state index contributed by atoms with van der Waals surface area (Å²) in [6.45, 7) is 3.87. The maximum Gasteiger partial charge on any atom is 0.257 e. The molecule has 0 spiro atoms. The smallest absolute Gasteiger partial charge is 0.257 e. The molecule has 4 heteroatoms. The van der Waals surface area contributed by atoms with Gasteiger partial charge < -0.3 is 4.90 Å². The fourth-order valence-corrected chi connectivity index (χ4v) is 2.70. The average molecular weight is 255 g/mol. The number of pyridine rings is 2. The fourth-order valence-electron chi connectivity index (χ4n) is 2.70. The molecule has 2 aromatic heterocycles. The minimum atomic E-state index is 0.0587. The minimum absolute atomic E-state index is 0.0587. The Morgan fingerprint density at radius 1 is 1.42 bits per heavy atom. The van der Waals surface area contributed by atoms with Crippen molar-refractivity contribution in [3.63, 3.8) is 0 Å². The number of fused-ring (bicyclic) bond motifs is 1. The highest BCUT2D eigenvalue weighted by Gasteiger charge is 2.23. The first-order valence-electron chi connectivity index (χ1n) is 6.73. The second-order valence-corrected chi connectivity index (χ2v) is 5.26. The van der Waals surface area contributed by atoms with E-state index in [9.17, 15) is 4.79 Å². The number of hydrogen-bond donors (Lipinski definition) is 0. The highest BCUT2D eigenvalue weighted by Crippen LogP contribution is 2.21. The molecule has 0 aliphatic carbocycles. The van der Waals surface area contributed by atoms with Gasteiger partial charge >= 0.3 is 0 Å². The normalized spacial score (nSPS) is 19.6. The van der Waals surface area contributed by atoms with Gasteiger partial charge in [-0.05, 0) is 30.9 Å². The fraction of sp³-hybridized carbons (Fsp3) is 0.400. The summed E-state index contributed by atoms with van der Waals surface area (Å²) in [5.74, 6) is 0.636. The molecule has 0 aromatic carbocycles. The van der Waals surface area contributed by atoms with E-state index in [-0.39, 0.29) is 5.91 Å². The topological polar surface area (TPSA) is 46.1 Å². The van der Waals surface area contributed by atoms with Crippen molar-refractivity contribution in [2.75, 3.05) is 13.1 Å². The number of aromatic nitrogens is 2. The molecule has 1 atom stereocenters. The van der Waals surface area contributed by atoms with Gasteiger partial charge in [0.25, 0.3) is 5.91 Å². The molecule has 0 radical (unpaired) electrons. The van der Waals surface area contributed by atoms with Crippen LogP contribution in [0.4, 0.5) is 0 Å². The Bertz CT molecular complexity index is 606. The van der Waals surface area contributed by atoms with Crippen molar-refractivity contribution < 1.29 is 4.79 Å². The van der Waals surface area contributed by atoms with Gasteiger partial charge in [-0.2, -0.15) is 0 Å². The molecule has 1 fully saturated rings. The van der Waals surface area contributed by atoms with Gasteiger partial charge in [0, 0.05) is 37.1 Å². The molecule has 0 bridgehead atoms. The molecule has 3 heterocycles. The van der Waals surface area contributed by atoms with E-state index in [1.165, 1.54) is 6.42 Å². The zero-order valence-corrected chi connectivity index (χ0v) is 11.0. The number of hydrogen-bond acceptors (Lipinski definition) is 3. The molecular formula is C15H17N3O. The number of rotatable bonds is 1. The number of carbonyl (C=O) groups excluding carboxylic acids is 1. The SMILES string of the molecule is CC1CCCN(C(=O)c2cncc3cccnc23)C1. The van der Waals surface area contributed by atoms with Gasteiger partial charge in [0.1, 0.15) is 0 Å². The molecular weight excluding hydrogens is 238 g/mol. The lowest BCUT2D eigenvalue weighted by atomic mass is 9.99. The Kier molecular flexibility index (Phi) is 3.15. The Hall–Kier alpha value is -1.97. The zero-order valence-electron chi connectivity index (χ0n) is 11.0. The molecule has 19 heavy (non-hydrogen) atoms. The van der Waals surface area contributed by atoms with E-state index in [1.807, 2.05) is 17.0 Å². The molecule has 0 N–H and O–H groups in total. The summed E-state index contributed by atoms with van der Waals surface area (Å²) in [6.07, 6.45) is 7.39. The van der Waals surface area contributed by atoms with Crippen molar-refractivity contribution in [1.29, 1.82) is 0 Å². The standard InChI is InChI=1S/C15H17N3O/c1-11-4-3-7-18(10-11)15(19)13-9-16-8-12-5-2-6-17-14(12)13/h2,5-6,8-9,11H,3-4,7,10H2,1H3. The van der Waals surface area contributed by atoms with E-state index < -0.39 is 0 Å². The third kappa shape index (κ3) is 2.30. The van der Waals surface area contributed by atoms with Crippen molar-refractivity contribution in [3.8, 4) is 0 Å². The minimum Gasteiger partial charge on any atom is -0.338 e. The lowest BCUT2D eigenvalue weighted by Crippen LogP contribution is -2.39. The van der Waals surface area contributed by atoms with Crippen LogP contribution in [0.5, 0.6) is 0 Å². The first-order chi connectivity index (χ1) is 9.25. The summed E-state index contributed by atoms with van der Waals surface area (Å²) in [5.41, 5.74) is 1.37. The van der Waals surface area contributed by atoms with E-state index in [0.29, 0.717) is 11.5 Å². The maximum atomic E-state index is 12.6. The van der Waals surface area contributed by atoms with E-state index in [0.717, 1.165) is 30.4 Å². The molecule has 4 nitrogen and oxygen atoms in total. The second-order valence-electron chi connectivity index (χ2n) is 5.26. The Morgan fingerprint density at radius 2 is 2.32 bits per heavy atom. The van der Waals surface area contributed by atoms with Crippen molar-refractivity contribution in [2.45, 2.75) is 19.8 Å². The molecule has 1 saturated heterocycles. The maximum absolute atomic E-state index is 12.6. The van der Waals surface area contributed by atoms with E-state index in [4.69, 9.17) is 0 Å². The number of carbonyl (C=O) groups is 1. The first kappa shape index (κ1) is 12.1. The molecule has 3 rings (SSSR count). The summed E-state index contributed by atoms with van der Waals surface area (Å²) < 4.78 is 0. The van der Waals surface area contributed by atoms with Gasteiger partial charge in [-0.3, -0.25) is 14.8 Å². The highest BCUT2D eigenvalue weighted by atomic mass is 16.2. The van der Waals surface area contributed by atoms with E-state index >= 15 is 0 Å². The van der Waals surface area contributed by atoms with Crippen molar-refractivity contribution in [2.24, 2.45) is 5.92 Å². The van der Waals surface area contributed by atoms with Crippen molar-refractivity contribution >= 4 is 16.8 Å². The number of likely N-dealkylation sites (tertiary alicyclic amines) is 1. The Labute approximate surface area is 112 Å². The van der Waals surface area contributed by atoms with Crippen LogP contribution in [0.25, 0.3) is 10.9 Å². The summed E-state index contributed by atoms with van der Waals surface area (Å²) in [5, 5.41) is 0.915. The summed E-state index contributed by atoms with van der Waals surface area (Å²) in [4.78, 5) is 23.0. The lowest BCUT2D eigenvalue weighted by molar-refractivity contribution is 0.0684. The predicted molar refractivity (Wildman–Crippen MR) is 73.8 cm³/mol. The van der Waals surface area contributed by atoms with E-state index in [1.54, 1.807) is 18.6 Å². The van der Waals surface area contributed by atoms with Crippen molar-refractivity contribution in [3.05, 3.63) is 36.3 Å². The van der Waals surface area contributed by atoms with Crippen LogP contribution in [0.15, 0.2) is 30.7 Å². The van der Waals surface area contributed by atoms with Crippen LogP contribution in [0.3, 0.4) is 0 Å². The van der Waals surface area contributed by atoms with Crippen LogP contribution in [0.1, 0.15) is 30.1 Å². The highest BCUT2D eigenvalue weighted by molar-refractivity contribution is 6.04. The van der Waals surface area contributed by atoms with Crippen LogP contribution in [-0.4, -0.2) is 33.9 Å².